The number of carbonyl (C=O) groups is 1. The highest BCUT2D eigenvalue weighted by atomic mass is 16.5. The highest BCUT2D eigenvalue weighted by Crippen LogP contribution is 2.26. The van der Waals surface area contributed by atoms with Crippen LogP contribution in [0, 0.1) is 11.3 Å². The predicted octanol–water partition coefficient (Wildman–Crippen LogP) is 2.10. The van der Waals surface area contributed by atoms with Gasteiger partial charge < -0.3 is 10.5 Å². The lowest BCUT2D eigenvalue weighted by Crippen LogP contribution is -2.35. The number of amides is 1. The average Bonchev–Trinajstić information content (AvgIpc) is 2.74. The molecule has 3 heterocycles. The fraction of sp³-hybridized carbons (Fsp3) is 0.238. The van der Waals surface area contributed by atoms with Gasteiger partial charge in [0.25, 0.3) is 0 Å². The van der Waals surface area contributed by atoms with Crippen molar-refractivity contribution < 1.29 is 9.53 Å². The molecule has 2 N–H and O–H groups in total. The monoisotopic (exact) mass is 373 g/mol. The van der Waals surface area contributed by atoms with Crippen LogP contribution in [0.5, 0.6) is 0 Å². The molecule has 1 aliphatic rings. The fourth-order valence-corrected chi connectivity index (χ4v) is 3.32. The van der Waals surface area contributed by atoms with E-state index in [-0.39, 0.29) is 0 Å². The van der Waals surface area contributed by atoms with Gasteiger partial charge >= 0.3 is 0 Å². The van der Waals surface area contributed by atoms with Crippen LogP contribution in [0.25, 0.3) is 22.3 Å². The van der Waals surface area contributed by atoms with Gasteiger partial charge in [-0.2, -0.15) is 5.26 Å². The largest absolute Gasteiger partial charge is 0.379 e. The first-order valence-electron chi connectivity index (χ1n) is 9.04. The summed E-state index contributed by atoms with van der Waals surface area (Å²) in [6, 6.07) is 13.1. The highest BCUT2D eigenvalue weighted by molar-refractivity contribution is 5.92. The van der Waals surface area contributed by atoms with Crippen LogP contribution >= 0.6 is 0 Å². The van der Waals surface area contributed by atoms with Crippen LogP contribution in [0.15, 0.2) is 42.6 Å². The van der Waals surface area contributed by atoms with Gasteiger partial charge in [0.2, 0.25) is 5.91 Å². The van der Waals surface area contributed by atoms with Crippen LogP contribution in [0.4, 0.5) is 0 Å². The number of hydrogen-bond acceptors (Lipinski definition) is 6. The van der Waals surface area contributed by atoms with E-state index >= 15 is 0 Å². The first kappa shape index (κ1) is 18.0. The number of primary amides is 1. The molecule has 0 radical (unpaired) electrons. The van der Waals surface area contributed by atoms with Gasteiger partial charge in [-0.15, -0.1) is 0 Å². The maximum atomic E-state index is 11.3. The summed E-state index contributed by atoms with van der Waals surface area (Å²) in [6.07, 6.45) is 1.46. The molecule has 0 atom stereocenters. The Kier molecular flexibility index (Phi) is 4.98. The van der Waals surface area contributed by atoms with Gasteiger partial charge in [0.1, 0.15) is 0 Å². The molecule has 1 fully saturated rings. The summed E-state index contributed by atoms with van der Waals surface area (Å²) >= 11 is 0. The lowest BCUT2D eigenvalue weighted by molar-refractivity contribution is 0.0343. The molecule has 1 aromatic carbocycles. The molecule has 0 saturated carbocycles. The summed E-state index contributed by atoms with van der Waals surface area (Å²) in [4.78, 5) is 22.7. The standard InChI is InChI=1S/C21H19N5O2/c22-11-14-1-3-17-16(13-26-5-7-28-8-6-26)10-20(25-19(17)9-14)18-4-2-15(12-24-18)21(23)27/h1-4,9-10,12H,5-8,13H2,(H2,23,27). The Hall–Kier alpha value is -3.34. The lowest BCUT2D eigenvalue weighted by atomic mass is 10.0. The molecule has 0 bridgehead atoms. The van der Waals surface area contributed by atoms with E-state index in [0.717, 1.165) is 49.3 Å². The van der Waals surface area contributed by atoms with Crippen molar-refractivity contribution in [3.05, 3.63) is 59.3 Å². The molecule has 3 aromatic rings. The zero-order valence-corrected chi connectivity index (χ0v) is 15.3. The average molecular weight is 373 g/mol. The van der Waals surface area contributed by atoms with Gasteiger partial charge in [0.15, 0.2) is 0 Å². The van der Waals surface area contributed by atoms with Crippen molar-refractivity contribution in [1.82, 2.24) is 14.9 Å². The van der Waals surface area contributed by atoms with Crippen molar-refractivity contribution in [2.45, 2.75) is 6.54 Å². The van der Waals surface area contributed by atoms with Gasteiger partial charge in [-0.05, 0) is 35.9 Å². The third-order valence-corrected chi connectivity index (χ3v) is 4.83. The Morgan fingerprint density at radius 2 is 2.00 bits per heavy atom. The van der Waals surface area contributed by atoms with Crippen molar-refractivity contribution in [2.24, 2.45) is 5.73 Å². The molecule has 2 aromatic heterocycles. The summed E-state index contributed by atoms with van der Waals surface area (Å²) < 4.78 is 5.44. The van der Waals surface area contributed by atoms with Gasteiger partial charge in [-0.3, -0.25) is 14.7 Å². The Morgan fingerprint density at radius 3 is 2.68 bits per heavy atom. The fourth-order valence-electron chi connectivity index (χ4n) is 3.32. The van der Waals surface area contributed by atoms with E-state index in [1.165, 1.54) is 6.20 Å². The summed E-state index contributed by atoms with van der Waals surface area (Å²) in [5.41, 5.74) is 9.42. The van der Waals surface area contributed by atoms with Crippen LogP contribution in [0.2, 0.25) is 0 Å². The maximum absolute atomic E-state index is 11.3. The molecule has 1 amide bonds. The van der Waals surface area contributed by atoms with E-state index < -0.39 is 5.91 Å². The van der Waals surface area contributed by atoms with E-state index in [1.807, 2.05) is 18.2 Å². The number of fused-ring (bicyclic) bond motifs is 1. The second kappa shape index (κ2) is 7.72. The van der Waals surface area contributed by atoms with Crippen LogP contribution < -0.4 is 5.73 Å². The molecule has 0 spiro atoms. The minimum absolute atomic E-state index is 0.352. The molecule has 140 valence electrons. The predicted molar refractivity (Wildman–Crippen MR) is 104 cm³/mol. The van der Waals surface area contributed by atoms with Gasteiger partial charge in [-0.1, -0.05) is 6.07 Å². The number of hydrogen-bond donors (Lipinski definition) is 1. The van der Waals surface area contributed by atoms with Crippen LogP contribution in [-0.2, 0) is 11.3 Å². The number of benzene rings is 1. The van der Waals surface area contributed by atoms with Crippen molar-refractivity contribution in [2.75, 3.05) is 26.3 Å². The number of aromatic nitrogens is 2. The Balaban J connectivity index is 1.79. The second-order valence-corrected chi connectivity index (χ2v) is 6.70. The Labute approximate surface area is 162 Å². The van der Waals surface area contributed by atoms with Crippen molar-refractivity contribution in [3.63, 3.8) is 0 Å². The third-order valence-electron chi connectivity index (χ3n) is 4.83. The third kappa shape index (κ3) is 3.69. The number of nitriles is 1. The zero-order chi connectivity index (χ0) is 19.5. The number of rotatable bonds is 4. The summed E-state index contributed by atoms with van der Waals surface area (Å²) in [6.45, 7) is 3.97. The zero-order valence-electron chi connectivity index (χ0n) is 15.3. The number of morpholine rings is 1. The molecule has 1 aliphatic heterocycles. The number of ether oxygens (including phenoxy) is 1. The molecule has 1 saturated heterocycles. The minimum atomic E-state index is -0.516. The lowest BCUT2D eigenvalue weighted by Gasteiger charge is -2.27. The van der Waals surface area contributed by atoms with Crippen molar-refractivity contribution in [1.29, 1.82) is 5.26 Å². The highest BCUT2D eigenvalue weighted by Gasteiger charge is 2.15. The summed E-state index contributed by atoms with van der Waals surface area (Å²) in [5, 5.41) is 10.3. The maximum Gasteiger partial charge on any atom is 0.250 e. The van der Waals surface area contributed by atoms with E-state index in [9.17, 15) is 10.1 Å². The molecule has 0 unspecified atom stereocenters. The summed E-state index contributed by atoms with van der Waals surface area (Å²) in [7, 11) is 0. The van der Waals surface area contributed by atoms with E-state index in [0.29, 0.717) is 22.5 Å². The first-order chi connectivity index (χ1) is 13.6. The van der Waals surface area contributed by atoms with Crippen LogP contribution in [-0.4, -0.2) is 47.1 Å². The van der Waals surface area contributed by atoms with E-state index in [4.69, 9.17) is 15.5 Å². The smallest absolute Gasteiger partial charge is 0.250 e. The molecule has 4 rings (SSSR count). The Morgan fingerprint density at radius 1 is 1.18 bits per heavy atom. The number of pyridine rings is 2. The molecule has 7 nitrogen and oxygen atoms in total. The van der Waals surface area contributed by atoms with Gasteiger partial charge in [-0.25, -0.2) is 4.98 Å². The normalized spacial score (nSPS) is 14.7. The minimum Gasteiger partial charge on any atom is -0.379 e. The molecule has 0 aliphatic carbocycles. The van der Waals surface area contributed by atoms with Crippen LogP contribution in [0.1, 0.15) is 21.5 Å². The van der Waals surface area contributed by atoms with Crippen LogP contribution in [0.3, 0.4) is 0 Å². The SMILES string of the molecule is N#Cc1ccc2c(CN3CCOCC3)cc(-c3ccc(C(N)=O)cn3)nc2c1. The molecule has 28 heavy (non-hydrogen) atoms. The van der Waals surface area contributed by atoms with Crippen molar-refractivity contribution >= 4 is 16.8 Å². The molecular formula is C21H19N5O2. The molecular weight excluding hydrogens is 354 g/mol. The van der Waals surface area contributed by atoms with Crippen molar-refractivity contribution in [3.8, 4) is 17.5 Å². The summed E-state index contributed by atoms with van der Waals surface area (Å²) in [5.74, 6) is -0.516. The topological polar surface area (TPSA) is 105 Å². The quantitative estimate of drug-likeness (QED) is 0.751. The number of carbonyl (C=O) groups excluding carboxylic acids is 1. The van der Waals surface area contributed by atoms with E-state index in [1.54, 1.807) is 18.2 Å². The number of nitrogens with two attached hydrogens (primary N) is 1. The second-order valence-electron chi connectivity index (χ2n) is 6.70. The van der Waals surface area contributed by atoms with Gasteiger partial charge in [0, 0.05) is 31.2 Å². The first-order valence-corrected chi connectivity index (χ1v) is 9.04. The molecule has 7 heteroatoms. The van der Waals surface area contributed by atoms with Gasteiger partial charge in [0.05, 0.1) is 47.3 Å². The van der Waals surface area contributed by atoms with E-state index in [2.05, 4.69) is 16.0 Å². The Bertz CT molecular complexity index is 1070. The number of nitrogens with zero attached hydrogens (tertiary/aromatic N) is 4.